The van der Waals surface area contributed by atoms with E-state index in [-0.39, 0.29) is 36.3 Å². The second-order valence-electron chi connectivity index (χ2n) is 8.08. The van der Waals surface area contributed by atoms with Crippen molar-refractivity contribution in [3.8, 4) is 17.3 Å². The number of hydrogen-bond acceptors (Lipinski definition) is 6. The number of nitrogens with two attached hydrogens (primary N) is 1. The van der Waals surface area contributed by atoms with Gasteiger partial charge >= 0.3 is 6.18 Å². The van der Waals surface area contributed by atoms with E-state index < -0.39 is 18.0 Å². The van der Waals surface area contributed by atoms with Gasteiger partial charge in [-0.2, -0.15) is 13.2 Å². The summed E-state index contributed by atoms with van der Waals surface area (Å²) in [5.74, 6) is 0.0364. The molecule has 0 saturated carbocycles. The van der Waals surface area contributed by atoms with Gasteiger partial charge in [0.2, 0.25) is 0 Å². The summed E-state index contributed by atoms with van der Waals surface area (Å²) in [6, 6.07) is 6.64. The fraction of sp³-hybridized carbons (Fsp3) is 0.318. The number of fused-ring (bicyclic) bond motifs is 2. The third kappa shape index (κ3) is 3.87. The van der Waals surface area contributed by atoms with Crippen molar-refractivity contribution >= 4 is 16.6 Å². The van der Waals surface area contributed by atoms with Crippen LogP contribution in [0.2, 0.25) is 0 Å². The first-order chi connectivity index (χ1) is 15.7. The molecule has 2 N–H and O–H groups in total. The number of halogens is 4. The molecule has 4 aromatic rings. The highest BCUT2D eigenvalue weighted by atomic mass is 19.4. The zero-order chi connectivity index (χ0) is 23.3. The molecule has 0 amide bonds. The van der Waals surface area contributed by atoms with Crippen LogP contribution in [0.5, 0.6) is 5.75 Å². The predicted molar refractivity (Wildman–Crippen MR) is 113 cm³/mol. The van der Waals surface area contributed by atoms with Gasteiger partial charge in [0, 0.05) is 36.8 Å². The van der Waals surface area contributed by atoms with Crippen LogP contribution in [0.15, 0.2) is 42.6 Å². The fourth-order valence-electron chi connectivity index (χ4n) is 4.35. The quantitative estimate of drug-likeness (QED) is 0.468. The maximum absolute atomic E-state index is 14.0. The molecule has 172 valence electrons. The van der Waals surface area contributed by atoms with E-state index in [9.17, 15) is 17.6 Å². The number of alkyl halides is 3. The van der Waals surface area contributed by atoms with Crippen molar-refractivity contribution in [3.63, 3.8) is 0 Å². The number of nitrogens with zero attached hydrogens (tertiary/aromatic N) is 5. The van der Waals surface area contributed by atoms with Crippen molar-refractivity contribution in [2.24, 2.45) is 5.73 Å². The molecule has 1 fully saturated rings. The van der Waals surface area contributed by atoms with E-state index >= 15 is 0 Å². The van der Waals surface area contributed by atoms with Crippen molar-refractivity contribution in [3.05, 3.63) is 54.0 Å². The average Bonchev–Trinajstić information content (AvgIpc) is 3.38. The van der Waals surface area contributed by atoms with Gasteiger partial charge in [-0.25, -0.2) is 9.37 Å². The second-order valence-corrected chi connectivity index (χ2v) is 8.08. The molecular formula is C22H20F4N6O. The zero-order valence-electron chi connectivity index (χ0n) is 17.6. The van der Waals surface area contributed by atoms with Gasteiger partial charge in [-0.05, 0) is 30.2 Å². The number of pyridine rings is 2. The lowest BCUT2D eigenvalue weighted by molar-refractivity contribution is -0.183. The first kappa shape index (κ1) is 21.5. The van der Waals surface area contributed by atoms with Gasteiger partial charge in [-0.3, -0.25) is 9.30 Å². The molecule has 5 rings (SSSR count). The third-order valence-corrected chi connectivity index (χ3v) is 5.84. The summed E-state index contributed by atoms with van der Waals surface area (Å²) in [4.78, 5) is 5.88. The summed E-state index contributed by atoms with van der Waals surface area (Å²) in [5, 5.41) is 8.73. The van der Waals surface area contributed by atoms with Crippen LogP contribution in [0.25, 0.3) is 28.1 Å². The predicted octanol–water partition coefficient (Wildman–Crippen LogP) is 3.73. The van der Waals surface area contributed by atoms with Crippen LogP contribution in [-0.2, 0) is 0 Å². The van der Waals surface area contributed by atoms with Gasteiger partial charge in [0.05, 0.1) is 7.11 Å². The molecule has 1 saturated heterocycles. The largest absolute Gasteiger partial charge is 0.494 e. The van der Waals surface area contributed by atoms with Crippen LogP contribution >= 0.6 is 0 Å². The van der Waals surface area contributed by atoms with Gasteiger partial charge in [0.25, 0.3) is 0 Å². The minimum absolute atomic E-state index is 0.0607. The number of hydrogen-bond donors (Lipinski definition) is 1. The molecule has 0 aliphatic carbocycles. The lowest BCUT2D eigenvalue weighted by atomic mass is 10.1. The minimum atomic E-state index is -4.48. The third-order valence-electron chi connectivity index (χ3n) is 5.84. The Morgan fingerprint density at radius 3 is 2.67 bits per heavy atom. The average molecular weight is 460 g/mol. The standard InChI is InChI=1S/C22H20F4N6O/c1-33-17-9-14(23)8-12-2-4-16(28-19(12)17)21-30-29-18-5-3-13(10-32(18)21)20(22(24,25)26)31-7-6-15(27)11-31/h2-5,8-10,15,20H,6-7,11,27H2,1H3. The fourth-order valence-corrected chi connectivity index (χ4v) is 4.35. The number of likely N-dealkylation sites (tertiary alicyclic amines) is 1. The zero-order valence-corrected chi connectivity index (χ0v) is 17.6. The summed E-state index contributed by atoms with van der Waals surface area (Å²) in [6.45, 7) is 0.431. The topological polar surface area (TPSA) is 81.6 Å². The molecule has 1 aliphatic heterocycles. The maximum Gasteiger partial charge on any atom is 0.408 e. The van der Waals surface area contributed by atoms with E-state index in [4.69, 9.17) is 10.5 Å². The van der Waals surface area contributed by atoms with Gasteiger partial charge in [-0.15, -0.1) is 10.2 Å². The van der Waals surface area contributed by atoms with Gasteiger partial charge in [-0.1, -0.05) is 12.1 Å². The Morgan fingerprint density at radius 1 is 1.15 bits per heavy atom. The van der Waals surface area contributed by atoms with Crippen molar-refractivity contribution in [2.45, 2.75) is 24.7 Å². The van der Waals surface area contributed by atoms with E-state index in [1.165, 1.54) is 46.9 Å². The Labute approximate surface area is 185 Å². The van der Waals surface area contributed by atoms with Gasteiger partial charge in [0.1, 0.15) is 28.8 Å². The molecule has 1 aromatic carbocycles. The molecule has 2 atom stereocenters. The number of benzene rings is 1. The molecule has 0 bridgehead atoms. The molecule has 3 aromatic heterocycles. The van der Waals surface area contributed by atoms with Gasteiger partial charge < -0.3 is 10.5 Å². The highest BCUT2D eigenvalue weighted by Gasteiger charge is 2.46. The molecule has 1 aliphatic rings. The van der Waals surface area contributed by atoms with E-state index in [1.54, 1.807) is 12.1 Å². The number of rotatable bonds is 4. The summed E-state index contributed by atoms with van der Waals surface area (Å²) >= 11 is 0. The molecular weight excluding hydrogens is 440 g/mol. The summed E-state index contributed by atoms with van der Waals surface area (Å²) in [5.41, 5.74) is 7.07. The van der Waals surface area contributed by atoms with Crippen LogP contribution in [0.4, 0.5) is 17.6 Å². The molecule has 0 radical (unpaired) electrons. The first-order valence-corrected chi connectivity index (χ1v) is 10.3. The Kier molecular flexibility index (Phi) is 5.17. The molecule has 4 heterocycles. The number of methoxy groups -OCH3 is 1. The maximum atomic E-state index is 14.0. The smallest absolute Gasteiger partial charge is 0.408 e. The molecule has 2 unspecified atom stereocenters. The highest BCUT2D eigenvalue weighted by Crippen LogP contribution is 2.39. The van der Waals surface area contributed by atoms with Crippen molar-refractivity contribution in [1.82, 2.24) is 24.5 Å². The lowest BCUT2D eigenvalue weighted by Crippen LogP contribution is -2.38. The van der Waals surface area contributed by atoms with Crippen LogP contribution in [0.3, 0.4) is 0 Å². The minimum Gasteiger partial charge on any atom is -0.494 e. The Morgan fingerprint density at radius 2 is 1.97 bits per heavy atom. The van der Waals surface area contributed by atoms with Crippen LogP contribution < -0.4 is 10.5 Å². The van der Waals surface area contributed by atoms with E-state index in [2.05, 4.69) is 15.2 Å². The normalized spacial score (nSPS) is 18.3. The SMILES string of the molecule is COc1cc(F)cc2ccc(-c3nnc4ccc(C(N5CCC(N)C5)C(F)(F)F)cn34)nc12. The number of aromatic nitrogens is 4. The Hall–Kier alpha value is -3.31. The van der Waals surface area contributed by atoms with Crippen molar-refractivity contribution in [2.75, 3.05) is 20.2 Å². The second kappa shape index (κ2) is 7.92. The summed E-state index contributed by atoms with van der Waals surface area (Å²) < 4.78 is 62.6. The molecule has 0 spiro atoms. The highest BCUT2D eigenvalue weighted by molar-refractivity contribution is 5.86. The Balaban J connectivity index is 1.62. The van der Waals surface area contributed by atoms with Crippen molar-refractivity contribution in [1.29, 1.82) is 0 Å². The lowest BCUT2D eigenvalue weighted by Gasteiger charge is -2.30. The first-order valence-electron chi connectivity index (χ1n) is 10.3. The monoisotopic (exact) mass is 460 g/mol. The molecule has 7 nitrogen and oxygen atoms in total. The number of ether oxygens (including phenoxy) is 1. The summed E-state index contributed by atoms with van der Waals surface area (Å²) in [6.07, 6.45) is -2.58. The van der Waals surface area contributed by atoms with Crippen LogP contribution in [0, 0.1) is 5.82 Å². The van der Waals surface area contributed by atoms with Crippen LogP contribution in [0.1, 0.15) is 18.0 Å². The van der Waals surface area contributed by atoms with E-state index in [0.717, 1.165) is 0 Å². The molecule has 11 heteroatoms. The Bertz CT molecular complexity index is 1340. The van der Waals surface area contributed by atoms with E-state index in [1.807, 2.05) is 0 Å². The van der Waals surface area contributed by atoms with E-state index in [0.29, 0.717) is 28.7 Å². The van der Waals surface area contributed by atoms with Crippen LogP contribution in [-0.4, -0.2) is 56.9 Å². The van der Waals surface area contributed by atoms with Crippen molar-refractivity contribution < 1.29 is 22.3 Å². The van der Waals surface area contributed by atoms with Gasteiger partial charge in [0.15, 0.2) is 11.5 Å². The molecule has 33 heavy (non-hydrogen) atoms. The summed E-state index contributed by atoms with van der Waals surface area (Å²) in [7, 11) is 1.41.